The second-order valence-corrected chi connectivity index (χ2v) is 6.48. The minimum atomic E-state index is 0.282. The standard InChI is InChI=1S/C17H29NOS/c1-3-4-5-6-7-8-9-10-11-12-13-16(19)17-15(2)18-14-20-17/h14H,3-13H2,1-2H3. The van der Waals surface area contributed by atoms with Gasteiger partial charge in [-0.05, 0) is 13.3 Å². The molecule has 0 aliphatic carbocycles. The zero-order chi connectivity index (χ0) is 14.6. The van der Waals surface area contributed by atoms with E-state index in [1.807, 2.05) is 6.92 Å². The van der Waals surface area contributed by atoms with Gasteiger partial charge in [0, 0.05) is 6.42 Å². The molecule has 0 spiro atoms. The molecule has 0 aliphatic heterocycles. The van der Waals surface area contributed by atoms with Gasteiger partial charge in [-0.25, -0.2) is 4.98 Å². The third kappa shape index (κ3) is 7.18. The summed E-state index contributed by atoms with van der Waals surface area (Å²) in [6.07, 6.45) is 13.8. The van der Waals surface area contributed by atoms with Gasteiger partial charge in [0.05, 0.1) is 16.1 Å². The number of nitrogens with zero attached hydrogens (tertiary/aromatic N) is 1. The number of hydrogen-bond acceptors (Lipinski definition) is 3. The molecule has 1 aromatic rings. The van der Waals surface area contributed by atoms with Gasteiger partial charge in [0.15, 0.2) is 5.78 Å². The number of ketones is 1. The number of hydrogen-bond donors (Lipinski definition) is 0. The fourth-order valence-corrected chi connectivity index (χ4v) is 3.23. The van der Waals surface area contributed by atoms with Crippen molar-refractivity contribution < 1.29 is 4.79 Å². The van der Waals surface area contributed by atoms with Crippen LogP contribution in [0.4, 0.5) is 0 Å². The summed E-state index contributed by atoms with van der Waals surface area (Å²) < 4.78 is 0. The maximum atomic E-state index is 11.9. The molecule has 0 fully saturated rings. The molecule has 0 radical (unpaired) electrons. The van der Waals surface area contributed by atoms with E-state index >= 15 is 0 Å². The largest absolute Gasteiger partial charge is 0.293 e. The Morgan fingerprint density at radius 1 is 1.00 bits per heavy atom. The van der Waals surface area contributed by atoms with Crippen molar-refractivity contribution in [1.29, 1.82) is 0 Å². The van der Waals surface area contributed by atoms with E-state index in [0.717, 1.165) is 17.0 Å². The van der Waals surface area contributed by atoms with Crippen LogP contribution in [-0.2, 0) is 0 Å². The first-order chi connectivity index (χ1) is 9.75. The molecule has 114 valence electrons. The van der Waals surface area contributed by atoms with E-state index in [9.17, 15) is 4.79 Å². The SMILES string of the molecule is CCCCCCCCCCCCC(=O)c1scnc1C. The molecular formula is C17H29NOS. The lowest BCUT2D eigenvalue weighted by atomic mass is 10.0. The highest BCUT2D eigenvalue weighted by Crippen LogP contribution is 2.17. The molecular weight excluding hydrogens is 266 g/mol. The molecule has 1 rings (SSSR count). The van der Waals surface area contributed by atoms with Gasteiger partial charge in [-0.15, -0.1) is 11.3 Å². The van der Waals surface area contributed by atoms with Crippen LogP contribution in [0.3, 0.4) is 0 Å². The highest BCUT2D eigenvalue weighted by atomic mass is 32.1. The molecule has 1 heterocycles. The molecule has 0 aliphatic rings. The third-order valence-electron chi connectivity index (χ3n) is 3.76. The predicted octanol–water partition coefficient (Wildman–Crippen LogP) is 5.95. The van der Waals surface area contributed by atoms with Crippen molar-refractivity contribution in [1.82, 2.24) is 4.98 Å². The van der Waals surface area contributed by atoms with Crippen LogP contribution in [0.25, 0.3) is 0 Å². The molecule has 0 N–H and O–H groups in total. The summed E-state index contributed by atoms with van der Waals surface area (Å²) in [5.74, 6) is 0.282. The molecule has 20 heavy (non-hydrogen) atoms. The Balaban J connectivity index is 1.92. The van der Waals surface area contributed by atoms with E-state index in [4.69, 9.17) is 0 Å². The summed E-state index contributed by atoms with van der Waals surface area (Å²) in [6.45, 7) is 4.18. The van der Waals surface area contributed by atoms with Crippen molar-refractivity contribution in [3.63, 3.8) is 0 Å². The zero-order valence-corrected chi connectivity index (χ0v) is 13.9. The molecule has 2 nitrogen and oxygen atoms in total. The number of aromatic nitrogens is 1. The third-order valence-corrected chi connectivity index (χ3v) is 4.73. The summed E-state index contributed by atoms with van der Waals surface area (Å²) in [7, 11) is 0. The van der Waals surface area contributed by atoms with E-state index in [-0.39, 0.29) is 5.78 Å². The average molecular weight is 295 g/mol. The van der Waals surface area contributed by atoms with Gasteiger partial charge in [0.25, 0.3) is 0 Å². The molecule has 0 bridgehead atoms. The Bertz CT molecular complexity index is 373. The summed E-state index contributed by atoms with van der Waals surface area (Å²) in [6, 6.07) is 0. The molecule has 3 heteroatoms. The van der Waals surface area contributed by atoms with Crippen LogP contribution in [0.5, 0.6) is 0 Å². The topological polar surface area (TPSA) is 30.0 Å². The summed E-state index contributed by atoms with van der Waals surface area (Å²) in [5, 5.41) is 0. The monoisotopic (exact) mass is 295 g/mol. The number of carbonyl (C=O) groups is 1. The van der Waals surface area contributed by atoms with Crippen LogP contribution in [-0.4, -0.2) is 10.8 Å². The number of Topliss-reactive ketones (excluding diaryl/α,β-unsaturated/α-hetero) is 1. The lowest BCUT2D eigenvalue weighted by Gasteiger charge is -2.02. The zero-order valence-electron chi connectivity index (χ0n) is 13.1. The van der Waals surface area contributed by atoms with Gasteiger partial charge in [-0.1, -0.05) is 64.7 Å². The van der Waals surface area contributed by atoms with Gasteiger partial charge in [0.2, 0.25) is 0 Å². The van der Waals surface area contributed by atoms with E-state index in [2.05, 4.69) is 11.9 Å². The lowest BCUT2D eigenvalue weighted by Crippen LogP contribution is -1.98. The number of rotatable bonds is 12. The van der Waals surface area contributed by atoms with Crippen molar-refractivity contribution in [3.05, 3.63) is 16.1 Å². The molecule has 1 aromatic heterocycles. The number of carbonyl (C=O) groups excluding carboxylic acids is 1. The van der Waals surface area contributed by atoms with Crippen LogP contribution in [0.2, 0.25) is 0 Å². The summed E-state index contributed by atoms with van der Waals surface area (Å²) >= 11 is 1.48. The smallest absolute Gasteiger partial charge is 0.174 e. The molecule has 0 saturated carbocycles. The average Bonchev–Trinajstić information content (AvgIpc) is 2.87. The van der Waals surface area contributed by atoms with Crippen molar-refractivity contribution in [3.8, 4) is 0 Å². The van der Waals surface area contributed by atoms with Crippen LogP contribution in [0, 0.1) is 6.92 Å². The fraction of sp³-hybridized carbons (Fsp3) is 0.765. The van der Waals surface area contributed by atoms with Crippen LogP contribution < -0.4 is 0 Å². The van der Waals surface area contributed by atoms with Crippen molar-refractivity contribution >= 4 is 17.1 Å². The Kier molecular flexibility index (Phi) is 9.56. The predicted molar refractivity (Wildman–Crippen MR) is 87.6 cm³/mol. The van der Waals surface area contributed by atoms with Gasteiger partial charge in [-0.2, -0.15) is 0 Å². The highest BCUT2D eigenvalue weighted by Gasteiger charge is 2.10. The summed E-state index contributed by atoms with van der Waals surface area (Å²) in [5.41, 5.74) is 2.66. The summed E-state index contributed by atoms with van der Waals surface area (Å²) in [4.78, 5) is 16.9. The Morgan fingerprint density at radius 2 is 1.55 bits per heavy atom. The van der Waals surface area contributed by atoms with Crippen molar-refractivity contribution in [2.75, 3.05) is 0 Å². The Labute approximate surface area is 128 Å². The van der Waals surface area contributed by atoms with Gasteiger partial charge in [-0.3, -0.25) is 4.79 Å². The minimum absolute atomic E-state index is 0.282. The normalized spacial score (nSPS) is 10.9. The Hall–Kier alpha value is -0.700. The molecule has 0 amide bonds. The van der Waals surface area contributed by atoms with E-state index < -0.39 is 0 Å². The van der Waals surface area contributed by atoms with E-state index in [1.165, 1.54) is 69.1 Å². The van der Waals surface area contributed by atoms with Crippen LogP contribution in [0.1, 0.15) is 92.9 Å². The van der Waals surface area contributed by atoms with Crippen LogP contribution >= 0.6 is 11.3 Å². The van der Waals surface area contributed by atoms with Gasteiger partial charge >= 0.3 is 0 Å². The number of aryl methyl sites for hydroxylation is 1. The van der Waals surface area contributed by atoms with Crippen molar-refractivity contribution in [2.45, 2.75) is 84.5 Å². The Morgan fingerprint density at radius 3 is 2.05 bits per heavy atom. The second kappa shape index (κ2) is 11.0. The fourth-order valence-electron chi connectivity index (χ4n) is 2.46. The first kappa shape index (κ1) is 17.4. The maximum absolute atomic E-state index is 11.9. The molecule has 0 atom stereocenters. The quantitative estimate of drug-likeness (QED) is 0.352. The number of unbranched alkanes of at least 4 members (excludes halogenated alkanes) is 9. The molecule has 0 saturated heterocycles. The van der Waals surface area contributed by atoms with E-state index in [0.29, 0.717) is 6.42 Å². The van der Waals surface area contributed by atoms with E-state index in [1.54, 1.807) is 5.51 Å². The lowest BCUT2D eigenvalue weighted by molar-refractivity contribution is 0.0982. The highest BCUT2D eigenvalue weighted by molar-refractivity contribution is 7.11. The second-order valence-electron chi connectivity index (χ2n) is 5.62. The first-order valence-corrected chi connectivity index (χ1v) is 9.07. The number of thiazole rings is 1. The maximum Gasteiger partial charge on any atom is 0.174 e. The van der Waals surface area contributed by atoms with Crippen molar-refractivity contribution in [2.24, 2.45) is 0 Å². The molecule has 0 aromatic carbocycles. The van der Waals surface area contributed by atoms with Crippen LogP contribution in [0.15, 0.2) is 5.51 Å². The first-order valence-electron chi connectivity index (χ1n) is 8.19. The van der Waals surface area contributed by atoms with Gasteiger partial charge < -0.3 is 0 Å². The van der Waals surface area contributed by atoms with Gasteiger partial charge in [0.1, 0.15) is 0 Å². The minimum Gasteiger partial charge on any atom is -0.293 e. The molecule has 0 unspecified atom stereocenters.